The molecule has 0 fully saturated rings. The number of hydrogen-bond acceptors (Lipinski definition) is 3. The Morgan fingerprint density at radius 1 is 0.950 bits per heavy atom. The molecule has 0 atom stereocenters. The molecule has 2 N–H and O–H groups in total. The summed E-state index contributed by atoms with van der Waals surface area (Å²) in [7, 11) is 0. The lowest BCUT2D eigenvalue weighted by molar-refractivity contribution is 1.10. The van der Waals surface area contributed by atoms with Gasteiger partial charge in [0.15, 0.2) is 5.82 Å². The van der Waals surface area contributed by atoms with Crippen LogP contribution in [0.5, 0.6) is 0 Å². The van der Waals surface area contributed by atoms with Crippen LogP contribution in [0.25, 0.3) is 11.4 Å². The van der Waals surface area contributed by atoms with Gasteiger partial charge in [0.2, 0.25) is 5.95 Å². The Labute approximate surface area is 125 Å². The van der Waals surface area contributed by atoms with Crippen LogP contribution in [-0.4, -0.2) is 15.2 Å². The van der Waals surface area contributed by atoms with Crippen molar-refractivity contribution >= 4 is 34.8 Å². The van der Waals surface area contributed by atoms with Crippen LogP contribution in [0.1, 0.15) is 0 Å². The van der Waals surface area contributed by atoms with E-state index in [-0.39, 0.29) is 0 Å². The molecule has 0 saturated heterocycles. The first-order chi connectivity index (χ1) is 9.70. The van der Waals surface area contributed by atoms with Crippen molar-refractivity contribution in [2.45, 2.75) is 0 Å². The number of halogens is 2. The fourth-order valence-corrected chi connectivity index (χ4v) is 2.06. The normalized spacial score (nSPS) is 10.5. The largest absolute Gasteiger partial charge is 0.323 e. The summed E-state index contributed by atoms with van der Waals surface area (Å²) in [6.45, 7) is 0. The third-order valence-corrected chi connectivity index (χ3v) is 3.17. The molecular formula is C14H10Cl2N4. The molecule has 0 aliphatic carbocycles. The molecule has 0 aliphatic rings. The molecule has 1 aromatic heterocycles. The molecule has 100 valence electrons. The van der Waals surface area contributed by atoms with E-state index < -0.39 is 0 Å². The summed E-state index contributed by atoms with van der Waals surface area (Å²) in [5, 5.41) is 11.4. The highest BCUT2D eigenvalue weighted by molar-refractivity contribution is 6.31. The van der Waals surface area contributed by atoms with Crippen LogP contribution in [0.15, 0.2) is 48.5 Å². The lowest BCUT2D eigenvalue weighted by Crippen LogP contribution is -1.91. The zero-order valence-corrected chi connectivity index (χ0v) is 11.8. The molecule has 20 heavy (non-hydrogen) atoms. The number of hydrogen-bond donors (Lipinski definition) is 2. The van der Waals surface area contributed by atoms with Gasteiger partial charge in [-0.3, -0.25) is 5.10 Å². The molecular weight excluding hydrogens is 295 g/mol. The summed E-state index contributed by atoms with van der Waals surface area (Å²) in [5.74, 6) is 1.14. The Kier molecular flexibility index (Phi) is 3.58. The van der Waals surface area contributed by atoms with E-state index in [9.17, 15) is 0 Å². The fourth-order valence-electron chi connectivity index (χ4n) is 1.74. The van der Waals surface area contributed by atoms with Crippen LogP contribution in [0.3, 0.4) is 0 Å². The second kappa shape index (κ2) is 5.53. The zero-order valence-electron chi connectivity index (χ0n) is 10.3. The van der Waals surface area contributed by atoms with Gasteiger partial charge in [-0.25, -0.2) is 0 Å². The van der Waals surface area contributed by atoms with Gasteiger partial charge in [-0.15, -0.1) is 5.10 Å². The first kappa shape index (κ1) is 13.0. The quantitative estimate of drug-likeness (QED) is 0.748. The Balaban J connectivity index is 1.82. The maximum absolute atomic E-state index is 5.96. The molecule has 4 nitrogen and oxygen atoms in total. The van der Waals surface area contributed by atoms with Crippen LogP contribution in [0.2, 0.25) is 10.0 Å². The van der Waals surface area contributed by atoms with E-state index in [1.54, 1.807) is 12.1 Å². The number of aromatic amines is 1. The van der Waals surface area contributed by atoms with E-state index >= 15 is 0 Å². The van der Waals surface area contributed by atoms with Gasteiger partial charge in [-0.1, -0.05) is 35.3 Å². The van der Waals surface area contributed by atoms with E-state index in [0.29, 0.717) is 21.8 Å². The number of anilines is 2. The lowest BCUT2D eigenvalue weighted by Gasteiger charge is -2.00. The van der Waals surface area contributed by atoms with E-state index in [2.05, 4.69) is 20.5 Å². The predicted molar refractivity (Wildman–Crippen MR) is 81.6 cm³/mol. The Bertz CT molecular complexity index is 722. The first-order valence-corrected chi connectivity index (χ1v) is 6.67. The molecule has 0 spiro atoms. The third kappa shape index (κ3) is 2.92. The van der Waals surface area contributed by atoms with Gasteiger partial charge in [-0.2, -0.15) is 4.98 Å². The minimum absolute atomic E-state index is 0.488. The molecule has 3 aromatic rings. The molecule has 2 aromatic carbocycles. The zero-order chi connectivity index (χ0) is 13.9. The first-order valence-electron chi connectivity index (χ1n) is 5.92. The molecule has 0 aliphatic heterocycles. The molecule has 0 amide bonds. The SMILES string of the molecule is Clc1ccc(Nc2n[nH]c(-c3cccc(Cl)c3)n2)cc1. The van der Waals surface area contributed by atoms with E-state index in [1.807, 2.05) is 36.4 Å². The van der Waals surface area contributed by atoms with Crippen molar-refractivity contribution in [1.82, 2.24) is 15.2 Å². The molecule has 0 saturated carbocycles. The van der Waals surface area contributed by atoms with Gasteiger partial charge in [0.25, 0.3) is 0 Å². The van der Waals surface area contributed by atoms with Crippen molar-refractivity contribution in [3.63, 3.8) is 0 Å². The summed E-state index contributed by atoms with van der Waals surface area (Å²) in [5.41, 5.74) is 1.75. The second-order valence-corrected chi connectivity index (χ2v) is 5.02. The van der Waals surface area contributed by atoms with Crippen LogP contribution in [0, 0.1) is 0 Å². The maximum Gasteiger partial charge on any atom is 0.246 e. The summed E-state index contributed by atoms with van der Waals surface area (Å²) < 4.78 is 0. The van der Waals surface area contributed by atoms with Crippen molar-refractivity contribution in [3.8, 4) is 11.4 Å². The Morgan fingerprint density at radius 3 is 2.50 bits per heavy atom. The van der Waals surface area contributed by atoms with Crippen LogP contribution in [-0.2, 0) is 0 Å². The number of rotatable bonds is 3. The highest BCUT2D eigenvalue weighted by atomic mass is 35.5. The topological polar surface area (TPSA) is 53.6 Å². The van der Waals surface area contributed by atoms with Gasteiger partial charge in [-0.05, 0) is 36.4 Å². The van der Waals surface area contributed by atoms with Crippen LogP contribution in [0.4, 0.5) is 11.6 Å². The average Bonchev–Trinajstić information content (AvgIpc) is 2.90. The summed E-state index contributed by atoms with van der Waals surface area (Å²) in [4.78, 5) is 4.37. The number of aromatic nitrogens is 3. The minimum Gasteiger partial charge on any atom is -0.323 e. The smallest absolute Gasteiger partial charge is 0.246 e. The summed E-state index contributed by atoms with van der Waals surface area (Å²) >= 11 is 11.8. The Hall–Kier alpha value is -2.04. The van der Waals surface area contributed by atoms with Gasteiger partial charge in [0.05, 0.1) is 0 Å². The predicted octanol–water partition coefficient (Wildman–Crippen LogP) is 4.52. The average molecular weight is 305 g/mol. The van der Waals surface area contributed by atoms with E-state index in [0.717, 1.165) is 11.3 Å². The highest BCUT2D eigenvalue weighted by Crippen LogP contribution is 2.21. The van der Waals surface area contributed by atoms with Crippen molar-refractivity contribution in [2.24, 2.45) is 0 Å². The van der Waals surface area contributed by atoms with Crippen molar-refractivity contribution in [3.05, 3.63) is 58.6 Å². The Morgan fingerprint density at radius 2 is 1.75 bits per heavy atom. The van der Waals surface area contributed by atoms with Gasteiger partial charge >= 0.3 is 0 Å². The molecule has 0 radical (unpaired) electrons. The standard InChI is InChI=1S/C14H10Cl2N4/c15-10-4-6-12(7-5-10)17-14-18-13(19-20-14)9-2-1-3-11(16)8-9/h1-8H,(H2,17,18,19,20). The van der Waals surface area contributed by atoms with E-state index in [4.69, 9.17) is 23.2 Å². The molecule has 0 bridgehead atoms. The molecule has 3 rings (SSSR count). The monoisotopic (exact) mass is 304 g/mol. The van der Waals surface area contributed by atoms with Gasteiger partial charge in [0.1, 0.15) is 0 Å². The lowest BCUT2D eigenvalue weighted by atomic mass is 10.2. The molecule has 1 heterocycles. The highest BCUT2D eigenvalue weighted by Gasteiger charge is 2.06. The summed E-state index contributed by atoms with van der Waals surface area (Å²) in [6, 6.07) is 14.7. The molecule has 0 unspecified atom stereocenters. The van der Waals surface area contributed by atoms with Crippen LogP contribution < -0.4 is 5.32 Å². The number of benzene rings is 2. The second-order valence-electron chi connectivity index (χ2n) is 4.15. The molecule has 6 heteroatoms. The maximum atomic E-state index is 5.96. The van der Waals surface area contributed by atoms with Crippen molar-refractivity contribution < 1.29 is 0 Å². The number of H-pyrrole nitrogens is 1. The van der Waals surface area contributed by atoms with Crippen LogP contribution >= 0.6 is 23.2 Å². The van der Waals surface area contributed by atoms with Crippen molar-refractivity contribution in [2.75, 3.05) is 5.32 Å². The number of nitrogens with one attached hydrogen (secondary N) is 2. The van der Waals surface area contributed by atoms with E-state index in [1.165, 1.54) is 0 Å². The minimum atomic E-state index is 0.488. The number of nitrogens with zero attached hydrogens (tertiary/aromatic N) is 2. The van der Waals surface area contributed by atoms with Gasteiger partial charge in [0, 0.05) is 21.3 Å². The third-order valence-electron chi connectivity index (χ3n) is 2.68. The van der Waals surface area contributed by atoms with Crippen molar-refractivity contribution in [1.29, 1.82) is 0 Å². The van der Waals surface area contributed by atoms with Gasteiger partial charge < -0.3 is 5.32 Å². The summed E-state index contributed by atoms with van der Waals surface area (Å²) in [6.07, 6.45) is 0. The fraction of sp³-hybridized carbons (Fsp3) is 0.